The number of carbonyl (C=O) groups is 1. The predicted molar refractivity (Wildman–Crippen MR) is 129 cm³/mol. The third kappa shape index (κ3) is 3.98. The van der Waals surface area contributed by atoms with Gasteiger partial charge in [-0.05, 0) is 51.4 Å². The zero-order chi connectivity index (χ0) is 23.4. The molecule has 6 rings (SSSR count). The molecule has 8 nitrogen and oxygen atoms in total. The second-order valence-electron chi connectivity index (χ2n) is 11.4. The van der Waals surface area contributed by atoms with E-state index in [4.69, 9.17) is 10.00 Å². The van der Waals surface area contributed by atoms with Crippen molar-refractivity contribution in [2.45, 2.75) is 98.7 Å². The lowest BCUT2D eigenvalue weighted by atomic mass is 9.86. The van der Waals surface area contributed by atoms with E-state index in [-0.39, 0.29) is 35.0 Å². The highest BCUT2D eigenvalue weighted by molar-refractivity contribution is 9.09. The normalized spacial score (nSPS) is 46.5. The predicted octanol–water partition coefficient (Wildman–Crippen LogP) is 1.71. The van der Waals surface area contributed by atoms with Gasteiger partial charge in [0.05, 0.1) is 36.2 Å². The number of alkyl halides is 1. The average molecular weight is 531 g/mol. The molecule has 5 aliphatic heterocycles. The Balaban J connectivity index is 1.00. The number of hydrogen-bond donors (Lipinski definition) is 2. The molecule has 2 N–H and O–H groups in total. The van der Waals surface area contributed by atoms with Crippen molar-refractivity contribution < 1.29 is 9.53 Å². The van der Waals surface area contributed by atoms with Crippen LogP contribution in [0.1, 0.15) is 51.4 Å². The molecular weight excluding hydrogens is 496 g/mol. The molecule has 1 aliphatic carbocycles. The van der Waals surface area contributed by atoms with Gasteiger partial charge in [-0.15, -0.1) is 0 Å². The van der Waals surface area contributed by atoms with Crippen molar-refractivity contribution in [1.29, 1.82) is 10.5 Å². The number of halogens is 1. The van der Waals surface area contributed by atoms with Gasteiger partial charge in [0.25, 0.3) is 0 Å². The fraction of sp³-hybridized carbons (Fsp3) is 0.880. The van der Waals surface area contributed by atoms with E-state index in [2.05, 4.69) is 43.6 Å². The first kappa shape index (κ1) is 23.2. The van der Waals surface area contributed by atoms with Gasteiger partial charge >= 0.3 is 0 Å². The van der Waals surface area contributed by atoms with E-state index in [0.29, 0.717) is 49.1 Å². The molecule has 184 valence electrons. The van der Waals surface area contributed by atoms with Crippen LogP contribution in [0.5, 0.6) is 0 Å². The fourth-order valence-electron chi connectivity index (χ4n) is 7.77. The van der Waals surface area contributed by atoms with Gasteiger partial charge in [0.1, 0.15) is 6.10 Å². The largest absolute Gasteiger partial charge is 0.358 e. The highest BCUT2D eigenvalue weighted by Gasteiger charge is 2.53. The second kappa shape index (κ2) is 9.33. The third-order valence-electron chi connectivity index (χ3n) is 9.53. The van der Waals surface area contributed by atoms with Crippen LogP contribution in [-0.2, 0) is 9.53 Å². The molecule has 1 amide bonds. The zero-order valence-electron chi connectivity index (χ0n) is 19.6. The van der Waals surface area contributed by atoms with Crippen LogP contribution in [-0.4, -0.2) is 82.7 Å². The average Bonchev–Trinajstić information content (AvgIpc) is 3.53. The number of fused-ring (bicyclic) bond motifs is 3. The molecule has 34 heavy (non-hydrogen) atoms. The SMILES string of the molecule is N#CC1CN(C(=O)C2CC3CCC2N3C2CCC(NC3NCC4OC(C#N)CC4C3Br)CC2)C1. The molecule has 0 radical (unpaired) electrons. The van der Waals surface area contributed by atoms with E-state index >= 15 is 0 Å². The summed E-state index contributed by atoms with van der Waals surface area (Å²) in [6.45, 7) is 2.07. The number of hydrogen-bond acceptors (Lipinski definition) is 7. The number of amides is 1. The van der Waals surface area contributed by atoms with Crippen molar-refractivity contribution >= 4 is 21.8 Å². The Morgan fingerprint density at radius 3 is 2.53 bits per heavy atom. The number of carbonyl (C=O) groups excluding carboxylic acids is 1. The second-order valence-corrected chi connectivity index (χ2v) is 12.4. The van der Waals surface area contributed by atoms with E-state index in [1.165, 1.54) is 32.1 Å². The Kier molecular flexibility index (Phi) is 6.36. The molecule has 8 atom stereocenters. The first-order chi connectivity index (χ1) is 16.6. The summed E-state index contributed by atoms with van der Waals surface area (Å²) in [7, 11) is 0. The minimum absolute atomic E-state index is 0.0408. The quantitative estimate of drug-likeness (QED) is 0.533. The van der Waals surface area contributed by atoms with Gasteiger partial charge in [0.15, 0.2) is 0 Å². The molecule has 1 saturated carbocycles. The van der Waals surface area contributed by atoms with Crippen LogP contribution < -0.4 is 10.6 Å². The van der Waals surface area contributed by atoms with Gasteiger partial charge < -0.3 is 9.64 Å². The first-order valence-electron chi connectivity index (χ1n) is 13.2. The highest BCUT2D eigenvalue weighted by atomic mass is 79.9. The van der Waals surface area contributed by atoms with Gasteiger partial charge in [-0.1, -0.05) is 15.9 Å². The summed E-state index contributed by atoms with van der Waals surface area (Å²) in [5.41, 5.74) is 0. The van der Waals surface area contributed by atoms with Gasteiger partial charge in [0.2, 0.25) is 5.91 Å². The third-order valence-corrected chi connectivity index (χ3v) is 10.7. The van der Waals surface area contributed by atoms with Gasteiger partial charge in [-0.2, -0.15) is 10.5 Å². The number of rotatable bonds is 4. The summed E-state index contributed by atoms with van der Waals surface area (Å²) in [5.74, 6) is 0.871. The molecular formula is C25H35BrN6O2. The minimum Gasteiger partial charge on any atom is -0.358 e. The smallest absolute Gasteiger partial charge is 0.227 e. The van der Waals surface area contributed by atoms with Gasteiger partial charge in [-0.25, -0.2) is 0 Å². The van der Waals surface area contributed by atoms with Crippen molar-refractivity contribution in [2.75, 3.05) is 19.6 Å². The molecule has 6 fully saturated rings. The molecule has 5 heterocycles. The number of piperidine rings is 1. The van der Waals surface area contributed by atoms with Crippen LogP contribution in [0.15, 0.2) is 0 Å². The highest BCUT2D eigenvalue weighted by Crippen LogP contribution is 2.46. The lowest BCUT2D eigenvalue weighted by Crippen LogP contribution is -2.61. The minimum atomic E-state index is -0.272. The van der Waals surface area contributed by atoms with E-state index in [1.807, 2.05) is 4.90 Å². The Morgan fingerprint density at radius 2 is 1.79 bits per heavy atom. The van der Waals surface area contributed by atoms with Crippen LogP contribution in [0.25, 0.3) is 0 Å². The van der Waals surface area contributed by atoms with Crippen LogP contribution >= 0.6 is 15.9 Å². The molecule has 0 aromatic rings. The maximum Gasteiger partial charge on any atom is 0.227 e. The van der Waals surface area contributed by atoms with Gasteiger partial charge in [0, 0.05) is 54.5 Å². The van der Waals surface area contributed by atoms with E-state index in [9.17, 15) is 10.1 Å². The van der Waals surface area contributed by atoms with Crippen molar-refractivity contribution in [3.63, 3.8) is 0 Å². The van der Waals surface area contributed by atoms with Crippen LogP contribution in [0, 0.1) is 40.4 Å². The Labute approximate surface area is 210 Å². The van der Waals surface area contributed by atoms with Gasteiger partial charge in [-0.3, -0.25) is 20.3 Å². The Bertz CT molecular complexity index is 876. The summed E-state index contributed by atoms with van der Waals surface area (Å²) in [5, 5.41) is 25.7. The topological polar surface area (TPSA) is 104 Å². The van der Waals surface area contributed by atoms with Crippen molar-refractivity contribution in [2.24, 2.45) is 17.8 Å². The number of nitrogens with zero attached hydrogens (tertiary/aromatic N) is 4. The zero-order valence-corrected chi connectivity index (χ0v) is 21.2. The van der Waals surface area contributed by atoms with Crippen LogP contribution in [0.4, 0.5) is 0 Å². The standard InChI is InChI=1S/C25H35BrN6O2/c26-23-20-8-18(10-28)34-22(20)11-29-24(23)30-15-1-3-16(4-2-15)32-17-5-6-21(32)19(7-17)25(33)31-12-14(9-27)13-31/h14-24,29-30H,1-8,11-13H2. The molecule has 0 spiro atoms. The summed E-state index contributed by atoms with van der Waals surface area (Å²) in [6, 6.07) is 6.64. The summed E-state index contributed by atoms with van der Waals surface area (Å²) < 4.78 is 5.85. The molecule has 5 saturated heterocycles. The Hall–Kier alpha value is -1.23. The molecule has 0 aromatic carbocycles. The van der Waals surface area contributed by atoms with Crippen molar-refractivity contribution in [3.8, 4) is 12.1 Å². The number of likely N-dealkylation sites (tertiary alicyclic amines) is 1. The summed E-state index contributed by atoms with van der Waals surface area (Å²) in [4.78, 5) is 18.0. The van der Waals surface area contributed by atoms with E-state index in [0.717, 1.165) is 25.8 Å². The van der Waals surface area contributed by atoms with Crippen LogP contribution in [0.2, 0.25) is 0 Å². The van der Waals surface area contributed by atoms with Crippen LogP contribution in [0.3, 0.4) is 0 Å². The summed E-state index contributed by atoms with van der Waals surface area (Å²) in [6.07, 6.45) is 9.00. The first-order valence-corrected chi connectivity index (χ1v) is 14.1. The molecule has 2 bridgehead atoms. The molecule has 0 aromatic heterocycles. The monoisotopic (exact) mass is 530 g/mol. The lowest BCUT2D eigenvalue weighted by molar-refractivity contribution is -0.141. The van der Waals surface area contributed by atoms with E-state index < -0.39 is 0 Å². The molecule has 9 heteroatoms. The fourth-order valence-corrected chi connectivity index (χ4v) is 8.67. The van der Waals surface area contributed by atoms with Crippen molar-refractivity contribution in [3.05, 3.63) is 0 Å². The maximum absolute atomic E-state index is 13.1. The molecule has 8 unspecified atom stereocenters. The lowest BCUT2D eigenvalue weighted by Gasteiger charge is -2.42. The maximum atomic E-state index is 13.1. The van der Waals surface area contributed by atoms with Crippen molar-refractivity contribution in [1.82, 2.24) is 20.4 Å². The molecule has 6 aliphatic rings. The Morgan fingerprint density at radius 1 is 1.03 bits per heavy atom. The number of nitriles is 2. The number of ether oxygens (including phenoxy) is 1. The number of nitrogens with one attached hydrogen (secondary N) is 2. The summed E-state index contributed by atoms with van der Waals surface area (Å²) >= 11 is 3.91. The van der Waals surface area contributed by atoms with E-state index in [1.54, 1.807) is 0 Å².